The second kappa shape index (κ2) is 6.01. The standard InChI is InChI=1S/C15H13F4N3O3/c1-25-12-4-8-10(5-9(12)16)20-7-22(13(8)23)11-2-3-21(14(11)24)6-15(17,18)19/h4-5,7,11H,2-3,6H2,1H3. The van der Waals surface area contributed by atoms with E-state index >= 15 is 0 Å². The molecule has 1 aromatic carbocycles. The van der Waals surface area contributed by atoms with Crippen LogP contribution in [-0.2, 0) is 4.79 Å². The number of alkyl halides is 3. The lowest BCUT2D eigenvalue weighted by Gasteiger charge is -2.19. The number of ether oxygens (including phenoxy) is 1. The fraction of sp³-hybridized carbons (Fsp3) is 0.400. The molecular weight excluding hydrogens is 346 g/mol. The van der Waals surface area contributed by atoms with Crippen molar-refractivity contribution in [3.63, 3.8) is 0 Å². The molecule has 1 aromatic heterocycles. The normalized spacial score (nSPS) is 18.2. The minimum Gasteiger partial charge on any atom is -0.494 e. The van der Waals surface area contributed by atoms with E-state index in [1.54, 1.807) is 0 Å². The smallest absolute Gasteiger partial charge is 0.406 e. The van der Waals surface area contributed by atoms with Crippen molar-refractivity contribution in [3.05, 3.63) is 34.6 Å². The van der Waals surface area contributed by atoms with E-state index in [2.05, 4.69) is 4.98 Å². The lowest BCUT2D eigenvalue weighted by atomic mass is 10.2. The second-order valence-corrected chi connectivity index (χ2v) is 5.64. The van der Waals surface area contributed by atoms with Crippen LogP contribution in [0.25, 0.3) is 10.9 Å². The van der Waals surface area contributed by atoms with Crippen LogP contribution in [0.1, 0.15) is 12.5 Å². The molecule has 0 spiro atoms. The second-order valence-electron chi connectivity index (χ2n) is 5.64. The summed E-state index contributed by atoms with van der Waals surface area (Å²) in [5, 5.41) is 0.0165. The van der Waals surface area contributed by atoms with Crippen LogP contribution in [-0.4, -0.2) is 46.7 Å². The van der Waals surface area contributed by atoms with E-state index < -0.39 is 36.0 Å². The molecule has 1 aliphatic rings. The van der Waals surface area contributed by atoms with E-state index in [1.807, 2.05) is 0 Å². The van der Waals surface area contributed by atoms with Crippen molar-refractivity contribution >= 4 is 16.8 Å². The number of benzene rings is 1. The van der Waals surface area contributed by atoms with E-state index in [9.17, 15) is 27.2 Å². The monoisotopic (exact) mass is 359 g/mol. The van der Waals surface area contributed by atoms with Crippen molar-refractivity contribution in [1.82, 2.24) is 14.5 Å². The highest BCUT2D eigenvalue weighted by Gasteiger charge is 2.40. The largest absolute Gasteiger partial charge is 0.494 e. The average Bonchev–Trinajstić information content (AvgIpc) is 2.86. The molecule has 134 valence electrons. The van der Waals surface area contributed by atoms with Crippen molar-refractivity contribution in [3.8, 4) is 5.75 Å². The van der Waals surface area contributed by atoms with Crippen molar-refractivity contribution in [1.29, 1.82) is 0 Å². The minimum atomic E-state index is -4.51. The summed E-state index contributed by atoms with van der Waals surface area (Å²) in [6.45, 7) is -1.47. The third-order valence-corrected chi connectivity index (χ3v) is 4.03. The molecule has 6 nitrogen and oxygen atoms in total. The van der Waals surface area contributed by atoms with E-state index in [1.165, 1.54) is 7.11 Å². The number of carbonyl (C=O) groups excluding carboxylic acids is 1. The molecule has 1 atom stereocenters. The lowest BCUT2D eigenvalue weighted by molar-refractivity contribution is -0.158. The zero-order valence-electron chi connectivity index (χ0n) is 13.0. The van der Waals surface area contributed by atoms with Gasteiger partial charge in [0.2, 0.25) is 5.91 Å². The van der Waals surface area contributed by atoms with Crippen LogP contribution in [0, 0.1) is 5.82 Å². The molecule has 25 heavy (non-hydrogen) atoms. The molecule has 3 rings (SSSR count). The molecule has 2 aromatic rings. The summed E-state index contributed by atoms with van der Waals surface area (Å²) in [5.41, 5.74) is -0.576. The van der Waals surface area contributed by atoms with Gasteiger partial charge in [-0.15, -0.1) is 0 Å². The zero-order valence-corrected chi connectivity index (χ0v) is 13.0. The van der Waals surface area contributed by atoms with Gasteiger partial charge in [0, 0.05) is 12.6 Å². The lowest BCUT2D eigenvalue weighted by Crippen LogP contribution is -2.38. The third kappa shape index (κ3) is 3.15. The Hall–Kier alpha value is -2.65. The number of hydrogen-bond acceptors (Lipinski definition) is 4. The quantitative estimate of drug-likeness (QED) is 0.785. The molecular formula is C15H13F4N3O3. The Morgan fingerprint density at radius 3 is 2.68 bits per heavy atom. The summed E-state index contributed by atoms with van der Waals surface area (Å²) in [4.78, 5) is 29.4. The average molecular weight is 359 g/mol. The Labute approximate surface area is 138 Å². The van der Waals surface area contributed by atoms with Gasteiger partial charge in [0.05, 0.1) is 24.3 Å². The first-order chi connectivity index (χ1) is 11.7. The van der Waals surface area contributed by atoms with Crippen LogP contribution < -0.4 is 10.3 Å². The SMILES string of the molecule is COc1cc2c(=O)n(C3CCN(CC(F)(F)F)C3=O)cnc2cc1F. The molecule has 0 N–H and O–H groups in total. The Bertz CT molecular complexity index is 894. The summed E-state index contributed by atoms with van der Waals surface area (Å²) in [6.07, 6.45) is -3.40. The number of carbonyl (C=O) groups is 1. The third-order valence-electron chi connectivity index (χ3n) is 4.03. The van der Waals surface area contributed by atoms with E-state index in [4.69, 9.17) is 4.74 Å². The summed E-state index contributed by atoms with van der Waals surface area (Å²) >= 11 is 0. The van der Waals surface area contributed by atoms with E-state index in [0.717, 1.165) is 23.0 Å². The van der Waals surface area contributed by atoms with Gasteiger partial charge < -0.3 is 9.64 Å². The fourth-order valence-corrected chi connectivity index (χ4v) is 2.87. The maximum absolute atomic E-state index is 13.7. The number of methoxy groups -OCH3 is 1. The Morgan fingerprint density at radius 2 is 2.04 bits per heavy atom. The van der Waals surface area contributed by atoms with Crippen molar-refractivity contribution < 1.29 is 27.1 Å². The van der Waals surface area contributed by atoms with Crippen LogP contribution in [0.4, 0.5) is 17.6 Å². The van der Waals surface area contributed by atoms with Gasteiger partial charge in [-0.05, 0) is 12.5 Å². The number of fused-ring (bicyclic) bond motifs is 1. The van der Waals surface area contributed by atoms with Gasteiger partial charge in [0.25, 0.3) is 5.56 Å². The van der Waals surface area contributed by atoms with Crippen LogP contribution in [0.15, 0.2) is 23.3 Å². The van der Waals surface area contributed by atoms with E-state index in [-0.39, 0.29) is 29.6 Å². The van der Waals surface area contributed by atoms with Crippen LogP contribution in [0.5, 0.6) is 5.75 Å². The summed E-state index contributed by atoms with van der Waals surface area (Å²) in [7, 11) is 1.23. The zero-order chi connectivity index (χ0) is 18.4. The molecule has 10 heteroatoms. The minimum absolute atomic E-state index is 0.0165. The fourth-order valence-electron chi connectivity index (χ4n) is 2.87. The first-order valence-electron chi connectivity index (χ1n) is 7.31. The maximum atomic E-state index is 13.7. The van der Waals surface area contributed by atoms with Gasteiger partial charge >= 0.3 is 6.18 Å². The highest BCUT2D eigenvalue weighted by molar-refractivity contribution is 5.84. The van der Waals surface area contributed by atoms with Crippen molar-refractivity contribution in [2.45, 2.75) is 18.6 Å². The van der Waals surface area contributed by atoms with Crippen LogP contribution in [0.3, 0.4) is 0 Å². The number of likely N-dealkylation sites (tertiary alicyclic amines) is 1. The predicted octanol–water partition coefficient (Wildman–Crippen LogP) is 1.88. The Kier molecular flexibility index (Phi) is 4.13. The molecule has 0 aliphatic carbocycles. The number of hydrogen-bond donors (Lipinski definition) is 0. The Morgan fingerprint density at radius 1 is 1.32 bits per heavy atom. The van der Waals surface area contributed by atoms with Gasteiger partial charge in [0.1, 0.15) is 12.6 Å². The van der Waals surface area contributed by atoms with Crippen molar-refractivity contribution in [2.75, 3.05) is 20.2 Å². The van der Waals surface area contributed by atoms with E-state index in [0.29, 0.717) is 4.90 Å². The first-order valence-corrected chi connectivity index (χ1v) is 7.31. The number of amides is 1. The van der Waals surface area contributed by atoms with Gasteiger partial charge in [-0.2, -0.15) is 13.2 Å². The molecule has 0 saturated carbocycles. The van der Waals surface area contributed by atoms with Crippen LogP contribution >= 0.6 is 0 Å². The number of halogens is 4. The molecule has 2 heterocycles. The molecule has 0 radical (unpaired) electrons. The molecule has 1 unspecified atom stereocenters. The van der Waals surface area contributed by atoms with Gasteiger partial charge in [-0.1, -0.05) is 0 Å². The number of aromatic nitrogens is 2. The van der Waals surface area contributed by atoms with Gasteiger partial charge in [-0.3, -0.25) is 14.2 Å². The highest BCUT2D eigenvalue weighted by Crippen LogP contribution is 2.27. The number of nitrogens with zero attached hydrogens (tertiary/aromatic N) is 3. The van der Waals surface area contributed by atoms with Crippen molar-refractivity contribution in [2.24, 2.45) is 0 Å². The number of rotatable bonds is 3. The molecule has 1 amide bonds. The summed E-state index contributed by atoms with van der Waals surface area (Å²) in [5.74, 6) is -1.66. The topological polar surface area (TPSA) is 64.4 Å². The molecule has 0 bridgehead atoms. The first kappa shape index (κ1) is 17.2. The predicted molar refractivity (Wildman–Crippen MR) is 78.8 cm³/mol. The van der Waals surface area contributed by atoms with Crippen LogP contribution in [0.2, 0.25) is 0 Å². The summed E-state index contributed by atoms with van der Waals surface area (Å²) in [6, 6.07) is 1.11. The summed E-state index contributed by atoms with van der Waals surface area (Å²) < 4.78 is 57.0. The van der Waals surface area contributed by atoms with Gasteiger partial charge in [-0.25, -0.2) is 9.37 Å². The Balaban J connectivity index is 2.00. The molecule has 1 aliphatic heterocycles. The van der Waals surface area contributed by atoms with Gasteiger partial charge in [0.15, 0.2) is 11.6 Å². The maximum Gasteiger partial charge on any atom is 0.406 e. The molecule has 1 fully saturated rings. The highest BCUT2D eigenvalue weighted by atomic mass is 19.4. The molecule has 1 saturated heterocycles.